The number of alkyl halides is 2. The number of carbonyl (C=O) groups is 2. The van der Waals surface area contributed by atoms with Crippen molar-refractivity contribution >= 4 is 23.4 Å². The Morgan fingerprint density at radius 2 is 2.12 bits per heavy atom. The van der Waals surface area contributed by atoms with Gasteiger partial charge in [0.25, 0.3) is 17.7 Å². The molecule has 0 radical (unpaired) electrons. The van der Waals surface area contributed by atoms with E-state index >= 15 is 0 Å². The minimum absolute atomic E-state index is 0.0441. The number of pyridine rings is 2. The van der Waals surface area contributed by atoms with Crippen LogP contribution in [0.2, 0.25) is 5.02 Å². The predicted octanol–water partition coefficient (Wildman–Crippen LogP) is 2.99. The van der Waals surface area contributed by atoms with Gasteiger partial charge in [0.05, 0.1) is 12.1 Å². The molecule has 32 heavy (non-hydrogen) atoms. The zero-order chi connectivity index (χ0) is 23.6. The highest BCUT2D eigenvalue weighted by molar-refractivity contribution is 6.31. The molecule has 3 heterocycles. The number of hydrogen-bond donors (Lipinski definition) is 2. The van der Waals surface area contributed by atoms with Crippen LogP contribution >= 0.6 is 11.6 Å². The van der Waals surface area contributed by atoms with Crippen LogP contribution < -0.4 is 10.1 Å². The van der Waals surface area contributed by atoms with Crippen molar-refractivity contribution in [2.24, 2.45) is 0 Å². The Balaban J connectivity index is 1.79. The molecule has 2 aromatic rings. The summed E-state index contributed by atoms with van der Waals surface area (Å²) in [6.45, 7) is 3.36. The molecule has 2 atom stereocenters. The summed E-state index contributed by atoms with van der Waals surface area (Å²) < 4.78 is 31.0. The molecule has 0 spiro atoms. The number of aliphatic hydroxyl groups is 1. The van der Waals surface area contributed by atoms with Gasteiger partial charge in [0.1, 0.15) is 10.7 Å². The van der Waals surface area contributed by atoms with Gasteiger partial charge in [-0.15, -0.1) is 0 Å². The second kappa shape index (κ2) is 9.33. The largest absolute Gasteiger partial charge is 0.470 e. The Hall–Kier alpha value is -2.85. The SMILES string of the molecule is CC(O)CNC(=O)c1nccc2c1CN(C(C)c1cnc(OCC(C)(F)F)c(Cl)c1)C2=O. The van der Waals surface area contributed by atoms with E-state index in [2.05, 4.69) is 15.3 Å². The van der Waals surface area contributed by atoms with Crippen molar-refractivity contribution in [1.29, 1.82) is 0 Å². The zero-order valence-electron chi connectivity index (χ0n) is 17.7. The Labute approximate surface area is 188 Å². The van der Waals surface area contributed by atoms with Gasteiger partial charge in [0, 0.05) is 43.5 Å². The molecule has 8 nitrogen and oxygen atoms in total. The highest BCUT2D eigenvalue weighted by Crippen LogP contribution is 2.34. The maximum atomic E-state index is 13.0. The number of nitrogens with zero attached hydrogens (tertiary/aromatic N) is 3. The summed E-state index contributed by atoms with van der Waals surface area (Å²) in [5.41, 5.74) is 1.53. The van der Waals surface area contributed by atoms with Gasteiger partial charge in [0.15, 0.2) is 6.61 Å². The molecule has 0 fully saturated rings. The van der Waals surface area contributed by atoms with Gasteiger partial charge in [-0.05, 0) is 31.5 Å². The molecule has 0 aliphatic carbocycles. The molecule has 0 saturated carbocycles. The average Bonchev–Trinajstić information content (AvgIpc) is 3.06. The number of amides is 2. The molecular formula is C21H23ClF2N4O4. The van der Waals surface area contributed by atoms with Crippen LogP contribution in [0, 0.1) is 0 Å². The van der Waals surface area contributed by atoms with Crippen molar-refractivity contribution in [3.8, 4) is 5.88 Å². The number of ether oxygens (including phenoxy) is 1. The summed E-state index contributed by atoms with van der Waals surface area (Å²) in [6.07, 6.45) is 2.07. The number of nitrogens with one attached hydrogen (secondary N) is 1. The fourth-order valence-corrected chi connectivity index (χ4v) is 3.46. The van der Waals surface area contributed by atoms with Crippen LogP contribution in [-0.4, -0.2) is 57.0 Å². The van der Waals surface area contributed by atoms with Crippen LogP contribution in [0.3, 0.4) is 0 Å². The molecule has 2 N–H and O–H groups in total. The van der Waals surface area contributed by atoms with Gasteiger partial charge < -0.3 is 20.1 Å². The maximum absolute atomic E-state index is 13.0. The molecule has 172 valence electrons. The molecule has 0 aromatic carbocycles. The Kier molecular flexibility index (Phi) is 6.94. The first kappa shape index (κ1) is 23.8. The van der Waals surface area contributed by atoms with E-state index in [0.717, 1.165) is 6.92 Å². The molecule has 1 aliphatic rings. The number of fused-ring (bicyclic) bond motifs is 1. The van der Waals surface area contributed by atoms with Gasteiger partial charge in [-0.1, -0.05) is 11.6 Å². The summed E-state index contributed by atoms with van der Waals surface area (Å²) in [5.74, 6) is -3.93. The van der Waals surface area contributed by atoms with Crippen molar-refractivity contribution in [1.82, 2.24) is 20.2 Å². The Bertz CT molecular complexity index is 1030. The lowest BCUT2D eigenvalue weighted by Gasteiger charge is -2.25. The molecular weight excluding hydrogens is 446 g/mol. The standard InChI is InChI=1S/C21H23ClF2N4O4/c1-11(29)7-26-18(30)17-15-9-28(20(31)14(15)4-5-25-17)12(2)13-6-16(22)19(27-8-13)32-10-21(3,23)24/h4-6,8,11-12,29H,7,9-10H2,1-3H3,(H,26,30). The normalized spacial score (nSPS) is 15.3. The van der Waals surface area contributed by atoms with Crippen molar-refractivity contribution in [3.05, 3.63) is 51.9 Å². The van der Waals surface area contributed by atoms with Crippen molar-refractivity contribution in [2.45, 2.75) is 45.4 Å². The molecule has 3 rings (SSSR count). The number of carbonyl (C=O) groups excluding carboxylic acids is 2. The van der Waals surface area contributed by atoms with Crippen LogP contribution in [0.25, 0.3) is 0 Å². The minimum atomic E-state index is -3.03. The van der Waals surface area contributed by atoms with Crippen LogP contribution in [0.4, 0.5) is 8.78 Å². The van der Waals surface area contributed by atoms with E-state index in [1.54, 1.807) is 19.9 Å². The Morgan fingerprint density at radius 3 is 2.75 bits per heavy atom. The minimum Gasteiger partial charge on any atom is -0.470 e. The molecule has 0 bridgehead atoms. The topological polar surface area (TPSA) is 105 Å². The number of hydrogen-bond acceptors (Lipinski definition) is 6. The van der Waals surface area contributed by atoms with Gasteiger partial charge in [-0.25, -0.2) is 13.8 Å². The summed E-state index contributed by atoms with van der Waals surface area (Å²) >= 11 is 6.14. The Morgan fingerprint density at radius 1 is 1.41 bits per heavy atom. The number of aromatic nitrogens is 2. The van der Waals surface area contributed by atoms with Gasteiger partial charge in [0.2, 0.25) is 5.88 Å². The predicted molar refractivity (Wildman–Crippen MR) is 112 cm³/mol. The summed E-state index contributed by atoms with van der Waals surface area (Å²) in [6, 6.07) is 2.57. The van der Waals surface area contributed by atoms with Crippen LogP contribution in [0.15, 0.2) is 24.5 Å². The third-order valence-electron chi connectivity index (χ3n) is 4.89. The van der Waals surface area contributed by atoms with E-state index in [4.69, 9.17) is 16.3 Å². The van der Waals surface area contributed by atoms with E-state index in [1.807, 2.05) is 0 Å². The number of rotatable bonds is 8. The molecule has 0 saturated heterocycles. The highest BCUT2D eigenvalue weighted by Gasteiger charge is 2.35. The highest BCUT2D eigenvalue weighted by atomic mass is 35.5. The summed E-state index contributed by atoms with van der Waals surface area (Å²) in [7, 11) is 0. The fourth-order valence-electron chi connectivity index (χ4n) is 3.23. The third kappa shape index (κ3) is 5.31. The van der Waals surface area contributed by atoms with Gasteiger partial charge in [-0.3, -0.25) is 14.6 Å². The van der Waals surface area contributed by atoms with Crippen molar-refractivity contribution in [3.63, 3.8) is 0 Å². The molecule has 2 aromatic heterocycles. The van der Waals surface area contributed by atoms with Crippen LogP contribution in [-0.2, 0) is 6.54 Å². The lowest BCUT2D eigenvalue weighted by Crippen LogP contribution is -2.32. The first-order valence-electron chi connectivity index (χ1n) is 9.89. The third-order valence-corrected chi connectivity index (χ3v) is 5.16. The smallest absolute Gasteiger partial charge is 0.278 e. The first-order valence-corrected chi connectivity index (χ1v) is 10.3. The summed E-state index contributed by atoms with van der Waals surface area (Å²) in [4.78, 5) is 35.1. The first-order chi connectivity index (χ1) is 15.0. The quantitative estimate of drug-likeness (QED) is 0.617. The van der Waals surface area contributed by atoms with Gasteiger partial charge >= 0.3 is 0 Å². The summed E-state index contributed by atoms with van der Waals surface area (Å²) in [5, 5.41) is 12.0. The number of aliphatic hydroxyl groups excluding tert-OH is 1. The molecule has 2 unspecified atom stereocenters. The fraction of sp³-hybridized carbons (Fsp3) is 0.429. The average molecular weight is 469 g/mol. The maximum Gasteiger partial charge on any atom is 0.278 e. The second-order valence-corrected chi connectivity index (χ2v) is 8.18. The van der Waals surface area contributed by atoms with E-state index < -0.39 is 30.6 Å². The van der Waals surface area contributed by atoms with Crippen molar-refractivity contribution < 1.29 is 28.2 Å². The van der Waals surface area contributed by atoms with Crippen molar-refractivity contribution in [2.75, 3.05) is 13.2 Å². The zero-order valence-corrected chi connectivity index (χ0v) is 18.5. The van der Waals surface area contributed by atoms with Crippen LogP contribution in [0.1, 0.15) is 58.8 Å². The molecule has 11 heteroatoms. The van der Waals surface area contributed by atoms with Gasteiger partial charge in [-0.2, -0.15) is 0 Å². The monoisotopic (exact) mass is 468 g/mol. The number of halogens is 3. The van der Waals surface area contributed by atoms with E-state index in [0.29, 0.717) is 16.7 Å². The van der Waals surface area contributed by atoms with E-state index in [-0.39, 0.29) is 35.6 Å². The van der Waals surface area contributed by atoms with E-state index in [1.165, 1.54) is 23.4 Å². The van der Waals surface area contributed by atoms with E-state index in [9.17, 15) is 23.5 Å². The lowest BCUT2D eigenvalue weighted by atomic mass is 10.1. The van der Waals surface area contributed by atoms with Crippen LogP contribution in [0.5, 0.6) is 5.88 Å². The molecule has 1 aliphatic heterocycles. The molecule has 2 amide bonds. The lowest BCUT2D eigenvalue weighted by molar-refractivity contribution is -0.0242. The second-order valence-electron chi connectivity index (χ2n) is 7.77.